The molecule has 100 valence electrons. The molecule has 0 atom stereocenters. The summed E-state index contributed by atoms with van der Waals surface area (Å²) in [4.78, 5) is 11.4. The van der Waals surface area contributed by atoms with Crippen molar-refractivity contribution < 1.29 is 9.53 Å². The molecule has 0 aliphatic heterocycles. The van der Waals surface area contributed by atoms with Gasteiger partial charge in [0.15, 0.2) is 5.57 Å². The topological polar surface area (TPSA) is 62.1 Å². The van der Waals surface area contributed by atoms with Crippen molar-refractivity contribution >= 4 is 23.3 Å². The van der Waals surface area contributed by atoms with Crippen LogP contribution in [0.4, 0.5) is 5.69 Å². The number of ether oxygens (including phenoxy) is 1. The summed E-state index contributed by atoms with van der Waals surface area (Å²) in [6, 6.07) is 5.55. The summed E-state index contributed by atoms with van der Waals surface area (Å²) in [6.07, 6.45) is 1.31. The summed E-state index contributed by atoms with van der Waals surface area (Å²) >= 11 is 6.11. The number of nitriles is 1. The number of rotatable bonds is 4. The van der Waals surface area contributed by atoms with Crippen LogP contribution in [-0.2, 0) is 9.53 Å². The summed E-state index contributed by atoms with van der Waals surface area (Å²) in [7, 11) is 0. The molecular weight excluding hydrogens is 264 g/mol. The molecule has 0 aliphatic rings. The molecule has 0 amide bonds. The van der Waals surface area contributed by atoms with Crippen LogP contribution in [0.1, 0.15) is 18.1 Å². The Hall–Kier alpha value is -1.99. The normalized spacial score (nSPS) is 10.8. The molecule has 0 aromatic heterocycles. The summed E-state index contributed by atoms with van der Waals surface area (Å²) in [5, 5.41) is 12.3. The molecule has 1 rings (SSSR count). The maximum atomic E-state index is 11.4. The number of hydrogen-bond donors (Lipinski definition) is 1. The molecule has 0 saturated carbocycles. The molecule has 0 heterocycles. The molecule has 19 heavy (non-hydrogen) atoms. The van der Waals surface area contributed by atoms with Crippen LogP contribution < -0.4 is 5.32 Å². The van der Waals surface area contributed by atoms with Gasteiger partial charge in [-0.3, -0.25) is 0 Å². The highest BCUT2D eigenvalue weighted by atomic mass is 35.5. The third-order valence-electron chi connectivity index (χ3n) is 2.41. The lowest BCUT2D eigenvalue weighted by molar-refractivity contribution is -0.138. The van der Waals surface area contributed by atoms with Crippen LogP contribution in [0, 0.1) is 25.2 Å². The first kappa shape index (κ1) is 15.1. The summed E-state index contributed by atoms with van der Waals surface area (Å²) in [6.45, 7) is 5.74. The molecule has 0 bridgehead atoms. The van der Waals surface area contributed by atoms with Gasteiger partial charge in [-0.2, -0.15) is 5.26 Å². The minimum absolute atomic E-state index is 0.0992. The van der Waals surface area contributed by atoms with E-state index in [2.05, 4.69) is 5.32 Å². The Bertz CT molecular complexity index is 536. The van der Waals surface area contributed by atoms with Gasteiger partial charge in [0.05, 0.1) is 17.3 Å². The number of aryl methyl sites for hydroxylation is 2. The van der Waals surface area contributed by atoms with E-state index in [1.54, 1.807) is 19.1 Å². The monoisotopic (exact) mass is 278 g/mol. The maximum Gasteiger partial charge on any atom is 0.350 e. The molecule has 1 aromatic rings. The zero-order valence-corrected chi connectivity index (χ0v) is 11.8. The fraction of sp³-hybridized carbons (Fsp3) is 0.286. The smallest absolute Gasteiger partial charge is 0.350 e. The maximum absolute atomic E-state index is 11.4. The minimum atomic E-state index is -0.654. The van der Waals surface area contributed by atoms with Crippen molar-refractivity contribution in [3.05, 3.63) is 40.1 Å². The number of nitrogens with one attached hydrogen (secondary N) is 1. The second-order valence-corrected chi connectivity index (χ2v) is 4.38. The van der Waals surface area contributed by atoms with Crippen molar-refractivity contribution in [1.82, 2.24) is 0 Å². The van der Waals surface area contributed by atoms with E-state index in [4.69, 9.17) is 21.6 Å². The van der Waals surface area contributed by atoms with E-state index in [0.29, 0.717) is 10.7 Å². The summed E-state index contributed by atoms with van der Waals surface area (Å²) in [5.41, 5.74) is 2.55. The van der Waals surface area contributed by atoms with E-state index in [1.807, 2.05) is 19.9 Å². The zero-order valence-electron chi connectivity index (χ0n) is 11.1. The van der Waals surface area contributed by atoms with Crippen molar-refractivity contribution in [2.24, 2.45) is 0 Å². The van der Waals surface area contributed by atoms with Crippen LogP contribution in [0.15, 0.2) is 23.9 Å². The van der Waals surface area contributed by atoms with Crippen molar-refractivity contribution in [2.75, 3.05) is 11.9 Å². The Balaban J connectivity index is 2.97. The van der Waals surface area contributed by atoms with Gasteiger partial charge in [0.2, 0.25) is 0 Å². The van der Waals surface area contributed by atoms with Gasteiger partial charge in [0.1, 0.15) is 6.07 Å². The number of carbonyl (C=O) groups excluding carboxylic acids is 1. The molecule has 0 fully saturated rings. The number of benzene rings is 1. The lowest BCUT2D eigenvalue weighted by Crippen LogP contribution is -2.08. The van der Waals surface area contributed by atoms with Gasteiger partial charge in [-0.25, -0.2) is 4.79 Å². The van der Waals surface area contributed by atoms with Crippen molar-refractivity contribution in [1.29, 1.82) is 5.26 Å². The van der Waals surface area contributed by atoms with E-state index in [0.717, 1.165) is 11.1 Å². The first-order valence-electron chi connectivity index (χ1n) is 5.80. The van der Waals surface area contributed by atoms with Crippen molar-refractivity contribution in [2.45, 2.75) is 20.8 Å². The zero-order chi connectivity index (χ0) is 14.4. The SMILES string of the molecule is CCOC(=O)/C(C#N)=C/Nc1c(C)cc(C)cc1Cl. The highest BCUT2D eigenvalue weighted by Crippen LogP contribution is 2.27. The number of halogens is 1. The standard InChI is InChI=1S/C14H15ClN2O2/c1-4-19-14(18)11(7-16)8-17-13-10(3)5-9(2)6-12(13)15/h5-6,8,17H,4H2,1-3H3/b11-8+. The van der Waals surface area contributed by atoms with Gasteiger partial charge in [-0.15, -0.1) is 0 Å². The molecule has 0 saturated heterocycles. The van der Waals surface area contributed by atoms with Gasteiger partial charge in [-0.1, -0.05) is 17.7 Å². The van der Waals surface area contributed by atoms with Gasteiger partial charge >= 0.3 is 5.97 Å². The Labute approximate surface area is 117 Å². The highest BCUT2D eigenvalue weighted by molar-refractivity contribution is 6.33. The number of carbonyl (C=O) groups is 1. The largest absolute Gasteiger partial charge is 0.462 e. The van der Waals surface area contributed by atoms with E-state index in [-0.39, 0.29) is 12.2 Å². The van der Waals surface area contributed by atoms with Gasteiger partial charge in [0.25, 0.3) is 0 Å². The predicted octanol–water partition coefficient (Wildman–Crippen LogP) is 3.34. The minimum Gasteiger partial charge on any atom is -0.462 e. The van der Waals surface area contributed by atoms with E-state index >= 15 is 0 Å². The Morgan fingerprint density at radius 1 is 1.53 bits per heavy atom. The molecule has 0 unspecified atom stereocenters. The lowest BCUT2D eigenvalue weighted by atomic mass is 10.1. The number of anilines is 1. The van der Waals surface area contributed by atoms with Gasteiger partial charge in [-0.05, 0) is 38.0 Å². The predicted molar refractivity (Wildman–Crippen MR) is 74.9 cm³/mol. The summed E-state index contributed by atoms with van der Waals surface area (Å²) < 4.78 is 4.76. The van der Waals surface area contributed by atoms with Crippen LogP contribution in [-0.4, -0.2) is 12.6 Å². The molecule has 0 spiro atoms. The number of esters is 1. The quantitative estimate of drug-likeness (QED) is 0.521. The van der Waals surface area contributed by atoms with Crippen LogP contribution in [0.25, 0.3) is 0 Å². The fourth-order valence-electron chi connectivity index (χ4n) is 1.59. The Morgan fingerprint density at radius 3 is 2.74 bits per heavy atom. The second kappa shape index (κ2) is 6.81. The Kier molecular flexibility index (Phi) is 5.40. The van der Waals surface area contributed by atoms with Crippen molar-refractivity contribution in [3.8, 4) is 6.07 Å². The van der Waals surface area contributed by atoms with Crippen molar-refractivity contribution in [3.63, 3.8) is 0 Å². The van der Waals surface area contributed by atoms with E-state index < -0.39 is 5.97 Å². The number of hydrogen-bond acceptors (Lipinski definition) is 4. The second-order valence-electron chi connectivity index (χ2n) is 3.97. The van der Waals surface area contributed by atoms with Crippen LogP contribution >= 0.6 is 11.6 Å². The highest BCUT2D eigenvalue weighted by Gasteiger charge is 2.10. The molecule has 0 radical (unpaired) electrons. The molecule has 1 N–H and O–H groups in total. The Morgan fingerprint density at radius 2 is 2.21 bits per heavy atom. The average Bonchev–Trinajstić information content (AvgIpc) is 2.32. The fourth-order valence-corrected chi connectivity index (χ4v) is 1.96. The summed E-state index contributed by atoms with van der Waals surface area (Å²) in [5.74, 6) is -0.654. The lowest BCUT2D eigenvalue weighted by Gasteiger charge is -2.09. The van der Waals surface area contributed by atoms with Crippen LogP contribution in [0.5, 0.6) is 0 Å². The van der Waals surface area contributed by atoms with Crippen LogP contribution in [0.2, 0.25) is 5.02 Å². The van der Waals surface area contributed by atoms with E-state index in [1.165, 1.54) is 6.20 Å². The first-order chi connectivity index (χ1) is 8.99. The third kappa shape index (κ3) is 4.01. The van der Waals surface area contributed by atoms with Gasteiger partial charge < -0.3 is 10.1 Å². The molecule has 4 nitrogen and oxygen atoms in total. The van der Waals surface area contributed by atoms with E-state index in [9.17, 15) is 4.79 Å². The third-order valence-corrected chi connectivity index (χ3v) is 2.71. The van der Waals surface area contributed by atoms with Gasteiger partial charge in [0, 0.05) is 6.20 Å². The number of nitrogens with zero attached hydrogens (tertiary/aromatic N) is 1. The first-order valence-corrected chi connectivity index (χ1v) is 6.18. The molecule has 0 aliphatic carbocycles. The average molecular weight is 279 g/mol. The van der Waals surface area contributed by atoms with Crippen LogP contribution in [0.3, 0.4) is 0 Å². The molecule has 5 heteroatoms. The molecule has 1 aromatic carbocycles. The molecular formula is C14H15ClN2O2.